The minimum absolute atomic E-state index is 0.0495. The second-order valence-corrected chi connectivity index (χ2v) is 7.42. The van der Waals surface area contributed by atoms with Gasteiger partial charge in [-0.3, -0.25) is 4.79 Å². The molecule has 0 aliphatic rings. The standard InChI is InChI=1S/C16H23NO3S/c1-11(16(2,3)4)9-14(18)17-10-13-6-5-12(21-13)7-8-15(19)20/h5-8,11H,9-10H2,1-4H3,(H,17,18)(H,19,20). The molecule has 0 saturated carbocycles. The Bertz CT molecular complexity index is 526. The topological polar surface area (TPSA) is 66.4 Å². The van der Waals surface area contributed by atoms with Crippen LogP contribution in [0, 0.1) is 11.3 Å². The Morgan fingerprint density at radius 1 is 1.38 bits per heavy atom. The maximum Gasteiger partial charge on any atom is 0.328 e. The second kappa shape index (κ2) is 7.41. The van der Waals surface area contributed by atoms with Crippen molar-refractivity contribution in [2.24, 2.45) is 11.3 Å². The van der Waals surface area contributed by atoms with Crippen molar-refractivity contribution in [2.75, 3.05) is 0 Å². The van der Waals surface area contributed by atoms with E-state index in [1.807, 2.05) is 12.1 Å². The minimum atomic E-state index is -0.963. The van der Waals surface area contributed by atoms with Gasteiger partial charge in [-0.05, 0) is 29.5 Å². The molecule has 0 aliphatic carbocycles. The fourth-order valence-electron chi connectivity index (χ4n) is 1.57. The number of amides is 1. The molecule has 1 aromatic heterocycles. The van der Waals surface area contributed by atoms with Crippen LogP contribution >= 0.6 is 11.3 Å². The number of carbonyl (C=O) groups excluding carboxylic acids is 1. The number of nitrogens with one attached hydrogen (secondary N) is 1. The summed E-state index contributed by atoms with van der Waals surface area (Å²) in [5, 5.41) is 11.5. The Hall–Kier alpha value is -1.62. The van der Waals surface area contributed by atoms with Gasteiger partial charge in [0.25, 0.3) is 0 Å². The van der Waals surface area contributed by atoms with Crippen LogP contribution in [0.2, 0.25) is 0 Å². The molecule has 0 saturated heterocycles. The summed E-state index contributed by atoms with van der Waals surface area (Å²) < 4.78 is 0. The molecule has 116 valence electrons. The molecule has 0 aromatic carbocycles. The second-order valence-electron chi connectivity index (χ2n) is 6.22. The summed E-state index contributed by atoms with van der Waals surface area (Å²) in [4.78, 5) is 24.2. The summed E-state index contributed by atoms with van der Waals surface area (Å²) in [5.41, 5.74) is 0.120. The van der Waals surface area contributed by atoms with E-state index in [1.54, 1.807) is 6.08 Å². The largest absolute Gasteiger partial charge is 0.478 e. The van der Waals surface area contributed by atoms with Crippen LogP contribution in [0.25, 0.3) is 6.08 Å². The lowest BCUT2D eigenvalue weighted by Crippen LogP contribution is -2.28. The van der Waals surface area contributed by atoms with E-state index in [2.05, 4.69) is 33.0 Å². The van der Waals surface area contributed by atoms with Gasteiger partial charge in [0.2, 0.25) is 5.91 Å². The molecule has 1 heterocycles. The molecule has 5 heteroatoms. The van der Waals surface area contributed by atoms with Gasteiger partial charge < -0.3 is 10.4 Å². The van der Waals surface area contributed by atoms with Gasteiger partial charge in [0.05, 0.1) is 6.54 Å². The Labute approximate surface area is 129 Å². The Kier molecular flexibility index (Phi) is 6.15. The van der Waals surface area contributed by atoms with Gasteiger partial charge in [0.1, 0.15) is 0 Å². The van der Waals surface area contributed by atoms with Gasteiger partial charge in [0.15, 0.2) is 0 Å². The molecule has 0 bridgehead atoms. The van der Waals surface area contributed by atoms with Crippen molar-refractivity contribution in [1.29, 1.82) is 0 Å². The predicted octanol–water partition coefficient (Wildman–Crippen LogP) is 3.53. The maximum absolute atomic E-state index is 11.9. The van der Waals surface area contributed by atoms with Crippen molar-refractivity contribution >= 4 is 29.3 Å². The lowest BCUT2D eigenvalue weighted by atomic mass is 9.80. The summed E-state index contributed by atoms with van der Waals surface area (Å²) in [7, 11) is 0. The molecule has 2 N–H and O–H groups in total. The number of carboxylic acids is 1. The normalized spacial score (nSPS) is 13.3. The van der Waals surface area contributed by atoms with Gasteiger partial charge in [-0.15, -0.1) is 11.3 Å². The summed E-state index contributed by atoms with van der Waals surface area (Å²) in [6.07, 6.45) is 3.18. The molecule has 0 fully saturated rings. The molecule has 1 unspecified atom stereocenters. The number of hydrogen-bond acceptors (Lipinski definition) is 3. The predicted molar refractivity (Wildman–Crippen MR) is 86.1 cm³/mol. The molecule has 0 radical (unpaired) electrons. The van der Waals surface area contributed by atoms with Crippen molar-refractivity contribution in [1.82, 2.24) is 5.32 Å². The first-order valence-corrected chi connectivity index (χ1v) is 7.76. The van der Waals surface area contributed by atoms with E-state index in [-0.39, 0.29) is 11.3 Å². The van der Waals surface area contributed by atoms with E-state index in [4.69, 9.17) is 5.11 Å². The van der Waals surface area contributed by atoms with Gasteiger partial charge >= 0.3 is 5.97 Å². The quantitative estimate of drug-likeness (QED) is 0.790. The highest BCUT2D eigenvalue weighted by molar-refractivity contribution is 7.12. The van der Waals surface area contributed by atoms with Gasteiger partial charge in [-0.1, -0.05) is 27.7 Å². The average Bonchev–Trinajstić information content (AvgIpc) is 2.80. The number of carbonyl (C=O) groups is 2. The van der Waals surface area contributed by atoms with Crippen LogP contribution in [-0.4, -0.2) is 17.0 Å². The van der Waals surface area contributed by atoms with Crippen LogP contribution in [0.1, 0.15) is 43.9 Å². The van der Waals surface area contributed by atoms with E-state index >= 15 is 0 Å². The van der Waals surface area contributed by atoms with Crippen molar-refractivity contribution in [3.05, 3.63) is 28.0 Å². The number of rotatable bonds is 6. The third kappa shape index (κ3) is 6.58. The lowest BCUT2D eigenvalue weighted by molar-refractivity contribution is -0.131. The van der Waals surface area contributed by atoms with Crippen molar-refractivity contribution in [3.8, 4) is 0 Å². The lowest BCUT2D eigenvalue weighted by Gasteiger charge is -2.26. The molecule has 4 nitrogen and oxygen atoms in total. The van der Waals surface area contributed by atoms with Crippen LogP contribution in [0.15, 0.2) is 18.2 Å². The van der Waals surface area contributed by atoms with E-state index < -0.39 is 5.97 Å². The fourth-order valence-corrected chi connectivity index (χ4v) is 2.43. The molecular formula is C16H23NO3S. The summed E-state index contributed by atoms with van der Waals surface area (Å²) in [5.74, 6) is -0.599. The van der Waals surface area contributed by atoms with Crippen molar-refractivity contribution in [3.63, 3.8) is 0 Å². The van der Waals surface area contributed by atoms with E-state index in [9.17, 15) is 9.59 Å². The van der Waals surface area contributed by atoms with Gasteiger partial charge in [-0.25, -0.2) is 4.79 Å². The zero-order valence-corrected chi connectivity index (χ0v) is 13.8. The van der Waals surface area contributed by atoms with Crippen LogP contribution in [-0.2, 0) is 16.1 Å². The van der Waals surface area contributed by atoms with Crippen molar-refractivity contribution < 1.29 is 14.7 Å². The fraction of sp³-hybridized carbons (Fsp3) is 0.500. The number of aliphatic carboxylic acids is 1. The van der Waals surface area contributed by atoms with E-state index in [0.29, 0.717) is 18.9 Å². The van der Waals surface area contributed by atoms with Crippen LogP contribution in [0.3, 0.4) is 0 Å². The maximum atomic E-state index is 11.9. The van der Waals surface area contributed by atoms with Crippen LogP contribution < -0.4 is 5.32 Å². The molecule has 0 spiro atoms. The summed E-state index contributed by atoms with van der Waals surface area (Å²) >= 11 is 1.48. The SMILES string of the molecule is CC(CC(=O)NCc1ccc(C=CC(=O)O)s1)C(C)(C)C. The monoisotopic (exact) mass is 309 g/mol. The van der Waals surface area contributed by atoms with Crippen LogP contribution in [0.4, 0.5) is 0 Å². The number of thiophene rings is 1. The first-order chi connectivity index (χ1) is 9.68. The van der Waals surface area contributed by atoms with Crippen molar-refractivity contribution in [2.45, 2.75) is 40.7 Å². The van der Waals surface area contributed by atoms with E-state index in [0.717, 1.165) is 15.8 Å². The third-order valence-corrected chi connectivity index (χ3v) is 4.55. The highest BCUT2D eigenvalue weighted by Crippen LogP contribution is 2.27. The molecule has 1 rings (SSSR count). The number of carboxylic acid groups (broad SMARTS) is 1. The summed E-state index contributed by atoms with van der Waals surface area (Å²) in [6.45, 7) is 8.96. The Balaban J connectivity index is 2.45. The van der Waals surface area contributed by atoms with E-state index in [1.165, 1.54) is 11.3 Å². The Morgan fingerprint density at radius 2 is 2.05 bits per heavy atom. The molecule has 1 atom stereocenters. The van der Waals surface area contributed by atoms with Crippen LogP contribution in [0.5, 0.6) is 0 Å². The average molecular weight is 309 g/mol. The minimum Gasteiger partial charge on any atom is -0.478 e. The molecule has 1 aromatic rings. The van der Waals surface area contributed by atoms with Gasteiger partial charge in [-0.2, -0.15) is 0 Å². The third-order valence-electron chi connectivity index (χ3n) is 3.50. The molecule has 21 heavy (non-hydrogen) atoms. The zero-order valence-electron chi connectivity index (χ0n) is 13.0. The first kappa shape index (κ1) is 17.4. The molecule has 0 aliphatic heterocycles. The molecular weight excluding hydrogens is 286 g/mol. The Morgan fingerprint density at radius 3 is 2.62 bits per heavy atom. The smallest absolute Gasteiger partial charge is 0.328 e. The highest BCUT2D eigenvalue weighted by Gasteiger charge is 2.22. The van der Waals surface area contributed by atoms with Gasteiger partial charge in [0, 0.05) is 22.3 Å². The number of hydrogen-bond donors (Lipinski definition) is 2. The highest BCUT2D eigenvalue weighted by atomic mass is 32.1. The summed E-state index contributed by atoms with van der Waals surface area (Å²) in [6, 6.07) is 3.75. The zero-order chi connectivity index (χ0) is 16.0. The molecule has 1 amide bonds. The first-order valence-electron chi connectivity index (χ1n) is 6.95.